The van der Waals surface area contributed by atoms with Gasteiger partial charge in [-0.15, -0.1) is 0 Å². The minimum atomic E-state index is -0.252. The van der Waals surface area contributed by atoms with Crippen molar-refractivity contribution in [2.45, 2.75) is 0 Å². The molecule has 0 spiro atoms. The Hall–Kier alpha value is -1.70. The largest absolute Gasteiger partial charge is 0.465 e. The number of thioether (sulfide) groups is 1. The van der Waals surface area contributed by atoms with E-state index in [-0.39, 0.29) is 5.91 Å². The lowest BCUT2D eigenvalue weighted by Crippen LogP contribution is -2.22. The summed E-state index contributed by atoms with van der Waals surface area (Å²) in [5.74, 6) is 0.356. The summed E-state index contributed by atoms with van der Waals surface area (Å²) in [5.41, 5.74) is 0.874. The second kappa shape index (κ2) is 6.60. The molecule has 1 amide bonds. The van der Waals surface area contributed by atoms with Gasteiger partial charge in [0.2, 0.25) is 0 Å². The first-order chi connectivity index (χ1) is 10.6. The molecule has 0 radical (unpaired) electrons. The molecule has 1 aliphatic heterocycles. The van der Waals surface area contributed by atoms with Gasteiger partial charge in [0.25, 0.3) is 5.91 Å². The molecule has 7 heteroatoms. The van der Waals surface area contributed by atoms with Gasteiger partial charge in [-0.25, -0.2) is 0 Å². The van der Waals surface area contributed by atoms with Crippen LogP contribution in [-0.4, -0.2) is 21.5 Å². The number of furan rings is 1. The Balaban J connectivity index is 1.80. The summed E-state index contributed by atoms with van der Waals surface area (Å²) < 4.78 is 6.55. The number of benzene rings is 1. The predicted molar refractivity (Wildman–Crippen MR) is 95.5 cm³/mol. The molecule has 110 valence electrons. The second-order valence-corrected chi connectivity index (χ2v) is 6.90. The van der Waals surface area contributed by atoms with Crippen LogP contribution in [-0.2, 0) is 4.79 Å². The zero-order valence-electron chi connectivity index (χ0n) is 11.1. The number of thiocarbonyl (C=S) groups is 1. The average molecular weight is 393 g/mol. The van der Waals surface area contributed by atoms with Crippen molar-refractivity contribution in [1.82, 2.24) is 5.01 Å². The van der Waals surface area contributed by atoms with Gasteiger partial charge in [0, 0.05) is 10.5 Å². The van der Waals surface area contributed by atoms with Crippen LogP contribution in [0, 0.1) is 0 Å². The average Bonchev–Trinajstić information content (AvgIpc) is 3.08. The van der Waals surface area contributed by atoms with Gasteiger partial charge in [-0.1, -0.05) is 39.8 Å². The molecule has 0 aliphatic carbocycles. The van der Waals surface area contributed by atoms with Gasteiger partial charge in [-0.05, 0) is 42.0 Å². The van der Waals surface area contributed by atoms with E-state index in [1.54, 1.807) is 30.7 Å². The Morgan fingerprint density at radius 2 is 2.18 bits per heavy atom. The van der Waals surface area contributed by atoms with Crippen LogP contribution in [0.25, 0.3) is 6.08 Å². The predicted octanol–water partition coefficient (Wildman–Crippen LogP) is 4.28. The number of nitrogens with zero attached hydrogens (tertiary/aromatic N) is 2. The van der Waals surface area contributed by atoms with Gasteiger partial charge in [-0.3, -0.25) is 4.79 Å². The highest BCUT2D eigenvalue weighted by Gasteiger charge is 2.32. The van der Waals surface area contributed by atoms with E-state index in [4.69, 9.17) is 16.6 Å². The van der Waals surface area contributed by atoms with Crippen molar-refractivity contribution < 1.29 is 9.21 Å². The van der Waals surface area contributed by atoms with Crippen LogP contribution in [0.3, 0.4) is 0 Å². The first-order valence-corrected chi connectivity index (χ1v) is 8.26. The van der Waals surface area contributed by atoms with Gasteiger partial charge in [0.1, 0.15) is 5.76 Å². The maximum absolute atomic E-state index is 12.3. The maximum atomic E-state index is 12.3. The first kappa shape index (κ1) is 15.2. The summed E-state index contributed by atoms with van der Waals surface area (Å²) in [6.07, 6.45) is 4.82. The number of hydrogen-bond donors (Lipinski definition) is 0. The smallest absolute Gasteiger partial charge is 0.286 e. The summed E-state index contributed by atoms with van der Waals surface area (Å²) >= 11 is 9.80. The number of carbonyl (C=O) groups is 1. The minimum absolute atomic E-state index is 0.252. The third-order valence-electron chi connectivity index (χ3n) is 2.76. The van der Waals surface area contributed by atoms with E-state index >= 15 is 0 Å². The molecular weight excluding hydrogens is 384 g/mol. The van der Waals surface area contributed by atoms with Crippen molar-refractivity contribution in [3.05, 3.63) is 63.4 Å². The molecule has 22 heavy (non-hydrogen) atoms. The lowest BCUT2D eigenvalue weighted by atomic mass is 10.2. The Morgan fingerprint density at radius 3 is 2.91 bits per heavy atom. The standard InChI is InChI=1S/C15H9BrN2O2S2/c16-11-4-1-3-10(7-11)9-17-18-14(19)13(22-15(18)21)8-12-5-2-6-20-12/h1-9H. The monoisotopic (exact) mass is 392 g/mol. The third-order valence-corrected chi connectivity index (χ3v) is 4.54. The SMILES string of the molecule is O=C1C(=Cc2ccco2)SC(=S)N1N=Cc1cccc(Br)c1. The van der Waals surface area contributed by atoms with Gasteiger partial charge in [0.05, 0.1) is 17.4 Å². The van der Waals surface area contributed by atoms with Crippen molar-refractivity contribution >= 4 is 62.4 Å². The topological polar surface area (TPSA) is 45.8 Å². The highest BCUT2D eigenvalue weighted by Crippen LogP contribution is 2.32. The van der Waals surface area contributed by atoms with Gasteiger partial charge >= 0.3 is 0 Å². The Bertz CT molecular complexity index is 785. The molecule has 0 atom stereocenters. The highest BCUT2D eigenvalue weighted by molar-refractivity contribution is 9.10. The molecule has 0 N–H and O–H groups in total. The van der Waals surface area contributed by atoms with Crippen LogP contribution < -0.4 is 0 Å². The zero-order valence-corrected chi connectivity index (χ0v) is 14.3. The molecule has 2 aromatic rings. The van der Waals surface area contributed by atoms with E-state index < -0.39 is 0 Å². The quantitative estimate of drug-likeness (QED) is 0.444. The van der Waals surface area contributed by atoms with Crippen LogP contribution in [0.15, 0.2) is 61.6 Å². The minimum Gasteiger partial charge on any atom is -0.465 e. The highest BCUT2D eigenvalue weighted by atomic mass is 79.9. The second-order valence-electron chi connectivity index (χ2n) is 4.31. The van der Waals surface area contributed by atoms with Crippen molar-refractivity contribution in [3.8, 4) is 0 Å². The summed E-state index contributed by atoms with van der Waals surface area (Å²) in [6, 6.07) is 11.1. The lowest BCUT2D eigenvalue weighted by molar-refractivity contribution is -0.122. The number of amides is 1. The maximum Gasteiger partial charge on any atom is 0.286 e. The Kier molecular flexibility index (Phi) is 4.56. The molecule has 2 heterocycles. The van der Waals surface area contributed by atoms with Gasteiger partial charge < -0.3 is 4.42 Å². The molecular formula is C15H9BrN2O2S2. The molecule has 1 fully saturated rings. The van der Waals surface area contributed by atoms with E-state index in [0.29, 0.717) is 15.0 Å². The fourth-order valence-corrected chi connectivity index (χ4v) is 3.34. The molecule has 1 aromatic carbocycles. The van der Waals surface area contributed by atoms with Crippen LogP contribution in [0.1, 0.15) is 11.3 Å². The summed E-state index contributed by atoms with van der Waals surface area (Å²) in [5, 5.41) is 5.40. The van der Waals surface area contributed by atoms with Gasteiger partial charge in [-0.2, -0.15) is 10.1 Å². The van der Waals surface area contributed by atoms with Crippen LogP contribution in [0.5, 0.6) is 0 Å². The van der Waals surface area contributed by atoms with E-state index in [1.807, 2.05) is 24.3 Å². The fraction of sp³-hybridized carbons (Fsp3) is 0. The Morgan fingerprint density at radius 1 is 1.32 bits per heavy atom. The van der Waals surface area contributed by atoms with Gasteiger partial charge in [0.15, 0.2) is 4.32 Å². The molecule has 3 rings (SSSR count). The van der Waals surface area contributed by atoms with Crippen LogP contribution >= 0.6 is 39.9 Å². The van der Waals surface area contributed by atoms with Crippen LogP contribution in [0.2, 0.25) is 0 Å². The number of carbonyl (C=O) groups excluding carboxylic acids is 1. The number of halogens is 1. The van der Waals surface area contributed by atoms with Crippen molar-refractivity contribution in [3.63, 3.8) is 0 Å². The first-order valence-electron chi connectivity index (χ1n) is 6.24. The molecule has 0 bridgehead atoms. The fourth-order valence-electron chi connectivity index (χ4n) is 1.77. The molecule has 4 nitrogen and oxygen atoms in total. The van der Waals surface area contributed by atoms with E-state index in [0.717, 1.165) is 10.0 Å². The van der Waals surface area contributed by atoms with Crippen molar-refractivity contribution in [1.29, 1.82) is 0 Å². The normalized spacial score (nSPS) is 17.1. The number of hydrogen-bond acceptors (Lipinski definition) is 5. The summed E-state index contributed by atoms with van der Waals surface area (Å²) in [7, 11) is 0. The number of rotatable bonds is 3. The summed E-state index contributed by atoms with van der Waals surface area (Å²) in [6.45, 7) is 0. The molecule has 0 unspecified atom stereocenters. The zero-order chi connectivity index (χ0) is 15.5. The molecule has 1 aliphatic rings. The van der Waals surface area contributed by atoms with Crippen LogP contribution in [0.4, 0.5) is 0 Å². The molecule has 0 saturated carbocycles. The summed E-state index contributed by atoms with van der Waals surface area (Å²) in [4.78, 5) is 12.8. The lowest BCUT2D eigenvalue weighted by Gasteiger charge is -2.05. The van der Waals surface area contributed by atoms with Crippen molar-refractivity contribution in [2.24, 2.45) is 5.10 Å². The van der Waals surface area contributed by atoms with E-state index in [2.05, 4.69) is 21.0 Å². The van der Waals surface area contributed by atoms with Crippen molar-refractivity contribution in [2.75, 3.05) is 0 Å². The van der Waals surface area contributed by atoms with E-state index in [9.17, 15) is 4.79 Å². The number of hydrazone groups is 1. The molecule has 1 saturated heterocycles. The van der Waals surface area contributed by atoms with E-state index in [1.165, 1.54) is 16.8 Å². The Labute approximate surface area is 145 Å². The molecule has 1 aromatic heterocycles. The third kappa shape index (κ3) is 3.37.